The molecule has 1 unspecified atom stereocenters. The lowest BCUT2D eigenvalue weighted by Gasteiger charge is -2.16. The van der Waals surface area contributed by atoms with Crippen molar-refractivity contribution in [2.24, 2.45) is 5.73 Å². The molecule has 0 bridgehead atoms. The third-order valence-electron chi connectivity index (χ3n) is 3.23. The number of amides is 1. The van der Waals surface area contributed by atoms with E-state index in [1.807, 2.05) is 6.07 Å². The number of carbonyl (C=O) groups is 1. The molecule has 0 aliphatic rings. The van der Waals surface area contributed by atoms with Gasteiger partial charge in [-0.3, -0.25) is 10.1 Å². The molecule has 0 spiro atoms. The summed E-state index contributed by atoms with van der Waals surface area (Å²) < 4.78 is 41.3. The summed E-state index contributed by atoms with van der Waals surface area (Å²) in [6, 6.07) is 14.5. The molecule has 2 aromatic rings. The second-order valence-corrected chi connectivity index (χ2v) is 5.18. The first-order valence-electron chi connectivity index (χ1n) is 7.21. The van der Waals surface area contributed by atoms with E-state index in [-0.39, 0.29) is 12.3 Å². The van der Waals surface area contributed by atoms with Crippen LogP contribution in [-0.4, -0.2) is 18.7 Å². The van der Waals surface area contributed by atoms with Crippen LogP contribution in [0.5, 0.6) is 5.75 Å². The molecule has 0 aliphatic heterocycles. The second-order valence-electron chi connectivity index (χ2n) is 5.18. The van der Waals surface area contributed by atoms with Crippen LogP contribution < -0.4 is 15.8 Å². The molecular weight excluding hydrogens is 321 g/mol. The molecule has 0 aromatic heterocycles. The van der Waals surface area contributed by atoms with E-state index in [1.165, 1.54) is 12.1 Å². The number of alkyl halides is 3. The molecule has 1 amide bonds. The number of ether oxygens (including phenoxy) is 1. The normalized spacial score (nSPS) is 12.6. The Kier molecular flexibility index (Phi) is 5.81. The standard InChI is InChI=1S/C17H17F3N2O2/c18-17(19,20)11-24-14-8-4-5-12(9-14)10-22-15(16(21)23)13-6-2-1-3-7-13/h1-9,15,22H,10-11H2,(H2,21,23). The van der Waals surface area contributed by atoms with Gasteiger partial charge in [0.15, 0.2) is 6.61 Å². The molecule has 3 N–H and O–H groups in total. The van der Waals surface area contributed by atoms with E-state index in [1.54, 1.807) is 36.4 Å². The second kappa shape index (κ2) is 7.83. The smallest absolute Gasteiger partial charge is 0.422 e. The number of carbonyl (C=O) groups excluding carboxylic acids is 1. The predicted octanol–water partition coefficient (Wildman–Crippen LogP) is 2.94. The summed E-state index contributed by atoms with van der Waals surface area (Å²) in [5.41, 5.74) is 6.80. The van der Waals surface area contributed by atoms with Crippen LogP contribution in [0.25, 0.3) is 0 Å². The van der Waals surface area contributed by atoms with Crippen molar-refractivity contribution in [3.63, 3.8) is 0 Å². The molecule has 24 heavy (non-hydrogen) atoms. The van der Waals surface area contributed by atoms with Crippen LogP contribution >= 0.6 is 0 Å². The minimum Gasteiger partial charge on any atom is -0.484 e. The molecule has 0 saturated carbocycles. The SMILES string of the molecule is NC(=O)C(NCc1cccc(OCC(F)(F)F)c1)c1ccccc1. The monoisotopic (exact) mass is 338 g/mol. The lowest BCUT2D eigenvalue weighted by Crippen LogP contribution is -2.33. The topological polar surface area (TPSA) is 64.4 Å². The average molecular weight is 338 g/mol. The Morgan fingerprint density at radius 1 is 1.12 bits per heavy atom. The zero-order chi connectivity index (χ0) is 17.6. The molecule has 2 aromatic carbocycles. The number of hydrogen-bond donors (Lipinski definition) is 2. The number of halogens is 3. The van der Waals surface area contributed by atoms with Crippen molar-refractivity contribution in [3.05, 3.63) is 65.7 Å². The van der Waals surface area contributed by atoms with Crippen LogP contribution in [0.15, 0.2) is 54.6 Å². The highest BCUT2D eigenvalue weighted by molar-refractivity contribution is 5.81. The molecule has 1 atom stereocenters. The summed E-state index contributed by atoms with van der Waals surface area (Å²) in [6.07, 6.45) is -4.39. The largest absolute Gasteiger partial charge is 0.484 e. The Balaban J connectivity index is 2.01. The van der Waals surface area contributed by atoms with Crippen LogP contribution in [-0.2, 0) is 11.3 Å². The molecule has 2 rings (SSSR count). The summed E-state index contributed by atoms with van der Waals surface area (Å²) in [6.45, 7) is -1.09. The molecule has 0 aliphatic carbocycles. The fourth-order valence-corrected chi connectivity index (χ4v) is 2.16. The summed E-state index contributed by atoms with van der Waals surface area (Å²) in [5.74, 6) is -0.423. The lowest BCUT2D eigenvalue weighted by molar-refractivity contribution is -0.153. The maximum Gasteiger partial charge on any atom is 0.422 e. The minimum absolute atomic E-state index is 0.113. The first-order chi connectivity index (χ1) is 11.3. The van der Waals surface area contributed by atoms with Crippen molar-refractivity contribution < 1.29 is 22.7 Å². The summed E-state index contributed by atoms with van der Waals surface area (Å²) in [5, 5.41) is 3.00. The van der Waals surface area contributed by atoms with Gasteiger partial charge >= 0.3 is 6.18 Å². The van der Waals surface area contributed by atoms with E-state index < -0.39 is 24.7 Å². The minimum atomic E-state index is -4.39. The van der Waals surface area contributed by atoms with Crippen LogP contribution in [0.1, 0.15) is 17.2 Å². The van der Waals surface area contributed by atoms with Crippen LogP contribution in [0.4, 0.5) is 13.2 Å². The molecule has 128 valence electrons. The van der Waals surface area contributed by atoms with Crippen LogP contribution in [0, 0.1) is 0 Å². The van der Waals surface area contributed by atoms with Gasteiger partial charge in [0.1, 0.15) is 11.8 Å². The zero-order valence-electron chi connectivity index (χ0n) is 12.7. The molecule has 0 radical (unpaired) electrons. The predicted molar refractivity (Wildman–Crippen MR) is 83.2 cm³/mol. The number of primary amides is 1. The van der Waals surface area contributed by atoms with Gasteiger partial charge in [0.2, 0.25) is 5.91 Å². The first kappa shape index (κ1) is 17.8. The van der Waals surface area contributed by atoms with Gasteiger partial charge in [0.25, 0.3) is 0 Å². The molecular formula is C17H17F3N2O2. The van der Waals surface area contributed by atoms with Crippen molar-refractivity contribution in [2.75, 3.05) is 6.61 Å². The number of rotatable bonds is 7. The fraction of sp³-hybridized carbons (Fsp3) is 0.235. The summed E-state index contributed by atoms with van der Waals surface area (Å²) in [4.78, 5) is 11.6. The van der Waals surface area contributed by atoms with Crippen molar-refractivity contribution in [2.45, 2.75) is 18.8 Å². The maximum absolute atomic E-state index is 12.2. The van der Waals surface area contributed by atoms with Crippen molar-refractivity contribution in [3.8, 4) is 5.75 Å². The highest BCUT2D eigenvalue weighted by atomic mass is 19.4. The zero-order valence-corrected chi connectivity index (χ0v) is 12.7. The van der Waals surface area contributed by atoms with Gasteiger partial charge in [-0.2, -0.15) is 13.2 Å². The molecule has 7 heteroatoms. The number of nitrogens with two attached hydrogens (primary N) is 1. The van der Waals surface area contributed by atoms with E-state index in [0.29, 0.717) is 5.56 Å². The summed E-state index contributed by atoms with van der Waals surface area (Å²) >= 11 is 0. The van der Waals surface area contributed by atoms with E-state index >= 15 is 0 Å². The van der Waals surface area contributed by atoms with Gasteiger partial charge in [-0.05, 0) is 23.3 Å². The Bertz CT molecular complexity index is 675. The Morgan fingerprint density at radius 2 is 1.83 bits per heavy atom. The third-order valence-corrected chi connectivity index (χ3v) is 3.23. The van der Waals surface area contributed by atoms with Gasteiger partial charge < -0.3 is 10.5 Å². The number of nitrogens with one attached hydrogen (secondary N) is 1. The number of benzene rings is 2. The van der Waals surface area contributed by atoms with Gasteiger partial charge in [0, 0.05) is 6.54 Å². The van der Waals surface area contributed by atoms with E-state index in [9.17, 15) is 18.0 Å². The Labute approximate surface area is 137 Å². The van der Waals surface area contributed by atoms with Crippen molar-refractivity contribution in [1.82, 2.24) is 5.32 Å². The quantitative estimate of drug-likeness (QED) is 0.816. The van der Waals surface area contributed by atoms with Crippen molar-refractivity contribution in [1.29, 1.82) is 0 Å². The Morgan fingerprint density at radius 3 is 2.46 bits per heavy atom. The van der Waals surface area contributed by atoms with Crippen LogP contribution in [0.2, 0.25) is 0 Å². The van der Waals surface area contributed by atoms with E-state index in [2.05, 4.69) is 5.32 Å². The molecule has 0 saturated heterocycles. The summed E-state index contributed by atoms with van der Waals surface area (Å²) in [7, 11) is 0. The molecule has 0 fully saturated rings. The maximum atomic E-state index is 12.2. The van der Waals surface area contributed by atoms with Crippen LogP contribution in [0.3, 0.4) is 0 Å². The van der Waals surface area contributed by atoms with E-state index in [4.69, 9.17) is 10.5 Å². The molecule has 0 heterocycles. The van der Waals surface area contributed by atoms with Gasteiger partial charge in [-0.15, -0.1) is 0 Å². The first-order valence-corrected chi connectivity index (χ1v) is 7.21. The highest BCUT2D eigenvalue weighted by Gasteiger charge is 2.28. The average Bonchev–Trinajstić information content (AvgIpc) is 2.54. The van der Waals surface area contributed by atoms with Gasteiger partial charge in [0.05, 0.1) is 0 Å². The van der Waals surface area contributed by atoms with Crippen molar-refractivity contribution >= 4 is 5.91 Å². The molecule has 4 nitrogen and oxygen atoms in total. The van der Waals surface area contributed by atoms with Gasteiger partial charge in [-0.25, -0.2) is 0 Å². The lowest BCUT2D eigenvalue weighted by atomic mass is 10.1. The third kappa shape index (κ3) is 5.58. The van der Waals surface area contributed by atoms with Gasteiger partial charge in [-0.1, -0.05) is 42.5 Å². The fourth-order valence-electron chi connectivity index (χ4n) is 2.16. The highest BCUT2D eigenvalue weighted by Crippen LogP contribution is 2.20. The Hall–Kier alpha value is -2.54. The van der Waals surface area contributed by atoms with E-state index in [0.717, 1.165) is 5.56 Å². The number of hydrogen-bond acceptors (Lipinski definition) is 3.